The van der Waals surface area contributed by atoms with Gasteiger partial charge >= 0.3 is 5.97 Å². The lowest BCUT2D eigenvalue weighted by Crippen LogP contribution is -2.58. The molecule has 0 aliphatic carbocycles. The molecule has 0 aromatic heterocycles. The Balaban J connectivity index is 1.70. The average Bonchev–Trinajstić information content (AvgIpc) is 3.47. The maximum absolute atomic E-state index is 14.3. The minimum atomic E-state index is -1.20. The second kappa shape index (κ2) is 11.2. The standard InChI is InChI=1S/C29H37ClN2O6/c1-5-7-8-9-17-37-27(36)23-22-25(34)32(19(3)18-33)24(29(22)15-14-28(23,4)38-29)26(35)31(16-6-2)21-12-10-20(30)11-13-21/h5-6,10-13,19,22-24,33H,1-2,7-9,14-18H2,3-4H3/t19-,22+,23+,24?,28-,29?/m1/s1. The smallest absolute Gasteiger partial charge is 0.312 e. The number of likely N-dealkylation sites (tertiary alicyclic amines) is 1. The maximum atomic E-state index is 14.3. The third kappa shape index (κ3) is 4.67. The Bertz CT molecular complexity index is 1090. The Labute approximate surface area is 229 Å². The highest BCUT2D eigenvalue weighted by molar-refractivity contribution is 6.30. The van der Waals surface area contributed by atoms with Crippen LogP contribution in [0.1, 0.15) is 46.0 Å². The molecule has 3 aliphatic heterocycles. The molecule has 1 aromatic rings. The molecule has 8 nitrogen and oxygen atoms in total. The lowest BCUT2D eigenvalue weighted by atomic mass is 9.66. The van der Waals surface area contributed by atoms with E-state index in [4.69, 9.17) is 21.1 Å². The predicted octanol–water partition coefficient (Wildman–Crippen LogP) is 3.90. The number of aliphatic hydroxyl groups is 1. The number of carbonyl (C=O) groups excluding carboxylic acids is 3. The van der Waals surface area contributed by atoms with E-state index in [-0.39, 0.29) is 31.6 Å². The number of unbranched alkanes of at least 4 members (excludes halogenated alkanes) is 2. The van der Waals surface area contributed by atoms with Crippen molar-refractivity contribution >= 4 is 35.1 Å². The number of nitrogens with zero attached hydrogens (tertiary/aromatic N) is 2. The highest BCUT2D eigenvalue weighted by Gasteiger charge is 2.79. The summed E-state index contributed by atoms with van der Waals surface area (Å²) in [4.78, 5) is 44.7. The van der Waals surface area contributed by atoms with E-state index < -0.39 is 41.1 Å². The fourth-order valence-corrected chi connectivity index (χ4v) is 6.56. The van der Waals surface area contributed by atoms with Crippen molar-refractivity contribution in [1.82, 2.24) is 4.90 Å². The largest absolute Gasteiger partial charge is 0.465 e. The monoisotopic (exact) mass is 544 g/mol. The summed E-state index contributed by atoms with van der Waals surface area (Å²) in [5.41, 5.74) is -1.53. The van der Waals surface area contributed by atoms with Crippen molar-refractivity contribution in [3.05, 3.63) is 54.6 Å². The molecule has 2 amide bonds. The molecule has 0 radical (unpaired) electrons. The molecule has 3 fully saturated rings. The third-order valence-corrected chi connectivity index (χ3v) is 8.46. The molecule has 6 atom stereocenters. The molecule has 1 N–H and O–H groups in total. The van der Waals surface area contributed by atoms with Gasteiger partial charge in [0.15, 0.2) is 0 Å². The number of fused-ring (bicyclic) bond motifs is 1. The lowest BCUT2D eigenvalue weighted by Gasteiger charge is -2.38. The molecule has 1 aromatic carbocycles. The molecular formula is C29H37ClN2O6. The van der Waals surface area contributed by atoms with Gasteiger partial charge in [0.25, 0.3) is 5.91 Å². The maximum Gasteiger partial charge on any atom is 0.312 e. The normalized spacial score (nSPS) is 30.2. The molecule has 9 heteroatoms. The summed E-state index contributed by atoms with van der Waals surface area (Å²) < 4.78 is 12.2. The average molecular weight is 545 g/mol. The van der Waals surface area contributed by atoms with E-state index in [2.05, 4.69) is 13.2 Å². The number of hydrogen-bond donors (Lipinski definition) is 1. The van der Waals surface area contributed by atoms with Gasteiger partial charge in [-0.25, -0.2) is 0 Å². The zero-order valence-corrected chi connectivity index (χ0v) is 22.9. The van der Waals surface area contributed by atoms with Gasteiger partial charge in [-0.15, -0.1) is 13.2 Å². The fourth-order valence-electron chi connectivity index (χ4n) is 6.44. The first-order valence-corrected chi connectivity index (χ1v) is 13.6. The van der Waals surface area contributed by atoms with Gasteiger partial charge in [0.05, 0.1) is 30.8 Å². The summed E-state index contributed by atoms with van der Waals surface area (Å²) >= 11 is 6.08. The number of anilines is 1. The molecule has 3 aliphatic rings. The number of benzene rings is 1. The van der Waals surface area contributed by atoms with Crippen molar-refractivity contribution in [2.75, 3.05) is 24.7 Å². The van der Waals surface area contributed by atoms with Crippen LogP contribution in [0.5, 0.6) is 0 Å². The van der Waals surface area contributed by atoms with Crippen molar-refractivity contribution in [2.24, 2.45) is 11.8 Å². The number of carbonyl (C=O) groups is 3. The van der Waals surface area contributed by atoms with Crippen LogP contribution in [0.4, 0.5) is 5.69 Å². The first-order valence-electron chi connectivity index (χ1n) is 13.2. The first kappa shape index (κ1) is 28.3. The van der Waals surface area contributed by atoms with Crippen molar-refractivity contribution in [3.8, 4) is 0 Å². The summed E-state index contributed by atoms with van der Waals surface area (Å²) in [7, 11) is 0. The van der Waals surface area contributed by atoms with Gasteiger partial charge in [-0.05, 0) is 70.2 Å². The second-order valence-electron chi connectivity index (χ2n) is 10.7. The summed E-state index contributed by atoms with van der Waals surface area (Å²) in [6, 6.07) is 5.17. The Morgan fingerprint density at radius 1 is 1.26 bits per heavy atom. The van der Waals surface area contributed by atoms with Gasteiger partial charge in [0, 0.05) is 17.3 Å². The minimum absolute atomic E-state index is 0.195. The van der Waals surface area contributed by atoms with Crippen LogP contribution in [-0.4, -0.2) is 70.8 Å². The third-order valence-electron chi connectivity index (χ3n) is 8.20. The van der Waals surface area contributed by atoms with Crippen LogP contribution in [0.3, 0.4) is 0 Å². The molecule has 4 rings (SSSR count). The van der Waals surface area contributed by atoms with E-state index in [0.717, 1.165) is 12.8 Å². The van der Waals surface area contributed by atoms with Gasteiger partial charge in [-0.3, -0.25) is 14.4 Å². The molecule has 2 bridgehead atoms. The first-order chi connectivity index (χ1) is 18.1. The van der Waals surface area contributed by atoms with Crippen LogP contribution < -0.4 is 4.90 Å². The number of halogens is 1. The predicted molar refractivity (Wildman–Crippen MR) is 145 cm³/mol. The van der Waals surface area contributed by atoms with E-state index in [1.54, 1.807) is 42.2 Å². The molecule has 3 heterocycles. The summed E-state index contributed by atoms with van der Waals surface area (Å²) in [6.45, 7) is 11.1. The molecule has 1 spiro atoms. The number of aliphatic hydroxyl groups excluding tert-OH is 1. The van der Waals surface area contributed by atoms with Crippen molar-refractivity contribution < 1.29 is 29.0 Å². The lowest BCUT2D eigenvalue weighted by molar-refractivity contribution is -0.160. The van der Waals surface area contributed by atoms with Gasteiger partial charge in [0.2, 0.25) is 5.91 Å². The van der Waals surface area contributed by atoms with Gasteiger partial charge in [-0.2, -0.15) is 0 Å². The van der Waals surface area contributed by atoms with Crippen LogP contribution in [-0.2, 0) is 23.9 Å². The molecule has 2 unspecified atom stereocenters. The Morgan fingerprint density at radius 2 is 1.97 bits per heavy atom. The Hall–Kier alpha value is -2.68. The summed E-state index contributed by atoms with van der Waals surface area (Å²) in [6.07, 6.45) is 6.76. The van der Waals surface area contributed by atoms with E-state index in [9.17, 15) is 19.5 Å². The van der Waals surface area contributed by atoms with Crippen molar-refractivity contribution in [3.63, 3.8) is 0 Å². The summed E-state index contributed by atoms with van der Waals surface area (Å²) in [5.74, 6) is -2.91. The van der Waals surface area contributed by atoms with Crippen LogP contribution in [0.2, 0.25) is 5.02 Å². The van der Waals surface area contributed by atoms with E-state index in [1.165, 1.54) is 4.90 Å². The zero-order chi connectivity index (χ0) is 27.7. The van der Waals surface area contributed by atoms with Crippen LogP contribution in [0.15, 0.2) is 49.6 Å². The minimum Gasteiger partial charge on any atom is -0.465 e. The van der Waals surface area contributed by atoms with Gasteiger partial charge in [-0.1, -0.05) is 23.8 Å². The highest BCUT2D eigenvalue weighted by atomic mass is 35.5. The van der Waals surface area contributed by atoms with E-state index in [0.29, 0.717) is 30.0 Å². The van der Waals surface area contributed by atoms with E-state index >= 15 is 0 Å². The number of hydrogen-bond acceptors (Lipinski definition) is 6. The molecule has 0 saturated carbocycles. The topological polar surface area (TPSA) is 96.4 Å². The number of allylic oxidation sites excluding steroid dienone is 1. The van der Waals surface area contributed by atoms with Crippen LogP contribution in [0, 0.1) is 11.8 Å². The van der Waals surface area contributed by atoms with Crippen molar-refractivity contribution in [2.45, 2.75) is 69.2 Å². The molecule has 206 valence electrons. The Morgan fingerprint density at radius 3 is 2.61 bits per heavy atom. The van der Waals surface area contributed by atoms with Crippen LogP contribution in [0.25, 0.3) is 0 Å². The summed E-state index contributed by atoms with van der Waals surface area (Å²) in [5, 5.41) is 10.6. The highest BCUT2D eigenvalue weighted by Crippen LogP contribution is 2.63. The Kier molecular flexibility index (Phi) is 8.35. The number of ether oxygens (including phenoxy) is 2. The van der Waals surface area contributed by atoms with Crippen molar-refractivity contribution in [1.29, 1.82) is 0 Å². The molecule has 3 saturated heterocycles. The quantitative estimate of drug-likeness (QED) is 0.243. The van der Waals surface area contributed by atoms with E-state index in [1.807, 2.05) is 13.0 Å². The van der Waals surface area contributed by atoms with Gasteiger partial charge in [0.1, 0.15) is 17.6 Å². The van der Waals surface area contributed by atoms with Gasteiger partial charge < -0.3 is 24.4 Å². The van der Waals surface area contributed by atoms with Crippen LogP contribution >= 0.6 is 11.6 Å². The number of esters is 1. The molecule has 38 heavy (non-hydrogen) atoms. The number of amides is 2. The fraction of sp³-hybridized carbons (Fsp3) is 0.552. The molecular weight excluding hydrogens is 508 g/mol. The number of rotatable bonds is 12. The second-order valence-corrected chi connectivity index (χ2v) is 11.1. The SMILES string of the molecule is C=CCCCCOC(=O)[C@@H]1[C@H]2C(=O)N([C@H](C)CO)C(C(=O)N(CC=C)c3ccc(Cl)cc3)C23CC[C@@]1(C)O3. The zero-order valence-electron chi connectivity index (χ0n) is 22.1.